The fourth-order valence-electron chi connectivity index (χ4n) is 16.6. The van der Waals surface area contributed by atoms with E-state index in [0.29, 0.717) is 104 Å². The maximum atomic E-state index is 12.7. The zero-order chi connectivity index (χ0) is 78.0. The molecule has 8 aliphatic rings. The number of carbonyl (C=O) groups excluding carboxylic acids is 1. The Kier molecular flexibility index (Phi) is 20.9. The van der Waals surface area contributed by atoms with Gasteiger partial charge in [0, 0.05) is 181 Å². The summed E-state index contributed by atoms with van der Waals surface area (Å²) in [5.74, 6) is 5.79. The van der Waals surface area contributed by atoms with E-state index in [1.807, 2.05) is 108 Å². The molecule has 2 amide bonds. The van der Waals surface area contributed by atoms with Gasteiger partial charge in [-0.15, -0.1) is 15.3 Å². The van der Waals surface area contributed by atoms with Crippen LogP contribution in [0.15, 0.2) is 141 Å². The molecule has 115 heavy (non-hydrogen) atoms. The van der Waals surface area contributed by atoms with Crippen molar-refractivity contribution in [3.63, 3.8) is 0 Å². The summed E-state index contributed by atoms with van der Waals surface area (Å²) in [4.78, 5) is 56.3. The number of carbonyl (C=O) groups is 1. The van der Waals surface area contributed by atoms with Crippen LogP contribution in [0.3, 0.4) is 0 Å². The number of hydrogen-bond acceptors (Lipinski definition) is 25. The van der Waals surface area contributed by atoms with Crippen LogP contribution in [-0.2, 0) is 17.8 Å². The highest BCUT2D eigenvalue weighted by Gasteiger charge is 2.46. The monoisotopic (exact) mass is 1560 g/mol. The molecular formula is C80H88F2N26O7. The molecule has 8 fully saturated rings. The van der Waals surface area contributed by atoms with Gasteiger partial charge in [0.05, 0.1) is 109 Å². The summed E-state index contributed by atoms with van der Waals surface area (Å²) >= 11 is 0. The molecule has 8 aliphatic heterocycles. The van der Waals surface area contributed by atoms with Crippen LogP contribution in [0.25, 0.3) is 83.2 Å². The molecule has 0 radical (unpaired) electrons. The minimum absolute atomic E-state index is 0.0222. The highest BCUT2D eigenvalue weighted by atomic mass is 19.1. The molecule has 4 unspecified atom stereocenters. The van der Waals surface area contributed by atoms with Gasteiger partial charge in [0.25, 0.3) is 0 Å². The van der Waals surface area contributed by atoms with E-state index in [2.05, 4.69) is 111 Å². The Balaban J connectivity index is 0.000000120. The first kappa shape index (κ1) is 74.0. The van der Waals surface area contributed by atoms with Crippen molar-refractivity contribution in [2.24, 2.45) is 0 Å². The molecule has 33 nitrogen and oxygen atoms in total. The summed E-state index contributed by atoms with van der Waals surface area (Å²) in [7, 11) is 3.27. The van der Waals surface area contributed by atoms with Gasteiger partial charge in [-0.05, 0) is 80.3 Å². The Labute approximate surface area is 658 Å². The lowest BCUT2D eigenvalue weighted by Crippen LogP contribution is -2.68. The van der Waals surface area contributed by atoms with Gasteiger partial charge in [-0.2, -0.15) is 15.3 Å². The first-order chi connectivity index (χ1) is 56.5. The molecule has 0 saturated carbocycles. The van der Waals surface area contributed by atoms with Gasteiger partial charge in [0.1, 0.15) is 74.0 Å². The van der Waals surface area contributed by atoms with E-state index in [0.717, 1.165) is 155 Å². The van der Waals surface area contributed by atoms with Gasteiger partial charge in [0.15, 0.2) is 16.9 Å². The number of H-pyrrole nitrogens is 3. The van der Waals surface area contributed by atoms with E-state index in [1.54, 1.807) is 54.2 Å². The second-order valence-electron chi connectivity index (χ2n) is 29.3. The number of rotatable bonds is 23. The maximum absolute atomic E-state index is 12.7. The summed E-state index contributed by atoms with van der Waals surface area (Å²) < 4.78 is 64.3. The molecule has 8 saturated heterocycles. The Morgan fingerprint density at radius 3 is 1.43 bits per heavy atom. The van der Waals surface area contributed by atoms with Crippen molar-refractivity contribution in [2.75, 3.05) is 147 Å². The van der Waals surface area contributed by atoms with E-state index >= 15 is 0 Å². The van der Waals surface area contributed by atoms with Crippen molar-refractivity contribution in [3.05, 3.63) is 152 Å². The van der Waals surface area contributed by atoms with Crippen LogP contribution in [0.4, 0.5) is 31.0 Å². The van der Waals surface area contributed by atoms with Crippen LogP contribution in [0.2, 0.25) is 0 Å². The molecule has 594 valence electrons. The van der Waals surface area contributed by atoms with Crippen LogP contribution >= 0.6 is 0 Å². The summed E-state index contributed by atoms with van der Waals surface area (Å²) in [6.45, 7) is 15.4. The number of morpholine rings is 1. The lowest BCUT2D eigenvalue weighted by atomic mass is 9.87. The second kappa shape index (κ2) is 32.6. The molecule has 4 bridgehead atoms. The first-order valence-corrected chi connectivity index (χ1v) is 39.0. The molecule has 0 aromatic carbocycles. The quantitative estimate of drug-likeness (QED) is 0.0465. The number of amides is 2. The summed E-state index contributed by atoms with van der Waals surface area (Å²) in [6.07, 6.45) is 24.3. The number of anilines is 3. The lowest BCUT2D eigenvalue weighted by molar-refractivity contribution is -0.00880. The number of methoxy groups -OCH3 is 2. The zero-order valence-electron chi connectivity index (χ0n) is 64.2. The number of aromatic amines is 3. The number of alkyl halides is 2. The van der Waals surface area contributed by atoms with Crippen molar-refractivity contribution in [2.45, 2.75) is 70.0 Å². The molecule has 22 heterocycles. The molecule has 0 spiro atoms. The smallest absolute Gasteiger partial charge is 0.320 e. The van der Waals surface area contributed by atoms with E-state index in [4.69, 9.17) is 53.5 Å². The lowest BCUT2D eigenvalue weighted by Gasteiger charge is -2.56. The highest BCUT2D eigenvalue weighted by molar-refractivity contribution is 6.03. The zero-order valence-corrected chi connectivity index (χ0v) is 64.2. The predicted octanol–water partition coefficient (Wildman–Crippen LogP) is 8.59. The molecule has 5 atom stereocenters. The summed E-state index contributed by atoms with van der Waals surface area (Å²) in [5.41, 5.74) is 12.4. The third kappa shape index (κ3) is 15.0. The molecule has 4 N–H and O–H groups in total. The van der Waals surface area contributed by atoms with Gasteiger partial charge in [-0.1, -0.05) is 12.1 Å². The Hall–Kier alpha value is -12.5. The van der Waals surface area contributed by atoms with Gasteiger partial charge >= 0.3 is 6.03 Å². The number of piperidine rings is 2. The molecule has 22 rings (SSSR count). The van der Waals surface area contributed by atoms with Gasteiger partial charge < -0.3 is 58.2 Å². The van der Waals surface area contributed by atoms with Crippen LogP contribution < -0.4 is 43.7 Å². The fourth-order valence-corrected chi connectivity index (χ4v) is 16.6. The molecular weight excluding hydrogens is 1480 g/mol. The SMILES string of the molecule is CCN(CC)C(=O)N1CCN(c2ccc(-c3cc(OCCF)cn4nc5[nH]ncc5c34)cn2)CC1.COc1ccc(CN2C3CC2CN(c2ccc(-c4cc(OC[C@@H]5CNCCO5)cn5nc6[nH]ncc6c45)cn2)C3)cn1.COc1ccc(CN2C3CC2CN(c2cnc(-c4cc(OCCF)cn5nc6[nH]ncc6c45)cn2)C3)cn1. The van der Waals surface area contributed by atoms with Crippen molar-refractivity contribution >= 4 is 73.1 Å². The van der Waals surface area contributed by atoms with Gasteiger partial charge in [-0.25, -0.2) is 52.0 Å². The largest absolute Gasteiger partial charge is 0.489 e. The number of nitrogens with zero attached hydrogens (tertiary/aromatic N) is 22. The Morgan fingerprint density at radius 2 is 1.00 bits per heavy atom. The predicted molar refractivity (Wildman–Crippen MR) is 427 cm³/mol. The number of ether oxygens (including phenoxy) is 6. The number of fused-ring (bicyclic) bond motifs is 13. The third-order valence-electron chi connectivity index (χ3n) is 22.5. The van der Waals surface area contributed by atoms with Gasteiger partial charge in [0.2, 0.25) is 11.8 Å². The van der Waals surface area contributed by atoms with Crippen molar-refractivity contribution < 1.29 is 42.0 Å². The van der Waals surface area contributed by atoms with Crippen LogP contribution in [0.1, 0.15) is 37.8 Å². The van der Waals surface area contributed by atoms with Crippen molar-refractivity contribution in [1.82, 2.24) is 114 Å². The van der Waals surface area contributed by atoms with Crippen molar-refractivity contribution in [3.8, 4) is 62.5 Å². The van der Waals surface area contributed by atoms with Crippen molar-refractivity contribution in [1.29, 1.82) is 0 Å². The average Bonchev–Trinajstić information content (AvgIpc) is 1.68. The number of halogens is 2. The third-order valence-corrected chi connectivity index (χ3v) is 22.5. The van der Waals surface area contributed by atoms with E-state index in [9.17, 15) is 13.6 Å². The number of aromatic nitrogens is 18. The normalized spacial score (nSPS) is 18.8. The van der Waals surface area contributed by atoms with E-state index in [1.165, 1.54) is 24.0 Å². The number of nitrogens with one attached hydrogen (secondary N) is 4. The number of pyridine rings is 7. The van der Waals surface area contributed by atoms with E-state index in [-0.39, 0.29) is 25.3 Å². The molecule has 14 aromatic heterocycles. The molecule has 14 aromatic rings. The summed E-state index contributed by atoms with van der Waals surface area (Å²) in [6, 6.07) is 24.2. The maximum Gasteiger partial charge on any atom is 0.320 e. The minimum Gasteiger partial charge on any atom is -0.489 e. The Morgan fingerprint density at radius 1 is 0.522 bits per heavy atom. The molecule has 0 aliphatic carbocycles. The standard InChI is InChI=1S/C30H33N9O3.C26H26FN9O2.C24H29FN8O2/c1-40-28-5-2-19(10-33-28)14-38-21-8-22(38)16-37(15-21)27-4-3-20(11-32-27)25-9-23(42-18-24-12-31-6-7-41-24)17-39-29(25)26-13-34-35-30(26)36-39;1-37-24-3-2-16(8-30-24)12-35-17-6-18(35)14-34(13-17)23-11-28-22(10-29-23)20-7-19(38-5-4-27)15-36-25(20)21-9-31-32-26(21)33-36;1-3-30(4-2)24(34)32-10-8-31(9-11-32)21-6-5-17(14-26-21)19-13-18(35-12-7-25)16-33-22(19)20-15-27-28-23(20)29-33/h2-5,9-11,13,17,21-22,24,31H,6-8,12,14-16,18H2,1H3,(H,35,36);2-3,7-11,15,17-18H,4-6,12-14H2,1H3,(H,32,33);5-6,13-16H,3-4,7-12H2,1-2H3,(H,28,29)/t21?,22?,24-;;/m0../s1. The van der Waals surface area contributed by atoms with Crippen LogP contribution in [-0.4, -0.2) is 278 Å². The number of urea groups is 1. The summed E-state index contributed by atoms with van der Waals surface area (Å²) in [5, 5.41) is 41.0. The molecule has 35 heteroatoms. The topological polar surface area (TPSA) is 322 Å². The number of hydrogen-bond donors (Lipinski definition) is 4. The minimum atomic E-state index is -0.571. The second-order valence-corrected chi connectivity index (χ2v) is 29.3. The fraction of sp³-hybridized carbons (Fsp3) is 0.388. The van der Waals surface area contributed by atoms with E-state index < -0.39 is 13.3 Å². The highest BCUT2D eigenvalue weighted by Crippen LogP contribution is 2.41. The number of piperazine rings is 3. The Bertz CT molecular complexity index is 5660. The van der Waals surface area contributed by atoms with Gasteiger partial charge in [-0.3, -0.25) is 30.1 Å². The van der Waals surface area contributed by atoms with Crippen LogP contribution in [0.5, 0.6) is 29.0 Å². The first-order valence-electron chi connectivity index (χ1n) is 39.0. The average molecular weight is 1560 g/mol. The van der Waals surface area contributed by atoms with Crippen LogP contribution in [0, 0.1) is 0 Å².